The smallest absolute Gasteiger partial charge is 0.233 e. The molecule has 0 atom stereocenters. The van der Waals surface area contributed by atoms with E-state index in [9.17, 15) is 4.79 Å². The average molecular weight is 312 g/mol. The highest BCUT2D eigenvalue weighted by atomic mass is 35.5. The molecular weight excluding hydrogens is 298 g/mol. The highest BCUT2D eigenvalue weighted by molar-refractivity contribution is 8.00. The average Bonchev–Trinajstić information content (AvgIpc) is 2.82. The van der Waals surface area contributed by atoms with Gasteiger partial charge < -0.3 is 4.90 Å². The minimum Gasteiger partial charge on any atom is -0.340 e. The summed E-state index contributed by atoms with van der Waals surface area (Å²) < 4.78 is 0.759. The zero-order chi connectivity index (χ0) is 13.7. The molecule has 0 N–H and O–H groups in total. The van der Waals surface area contributed by atoms with E-state index in [0.29, 0.717) is 12.3 Å². The summed E-state index contributed by atoms with van der Waals surface area (Å²) in [5.41, 5.74) is 0. The zero-order valence-electron chi connectivity index (χ0n) is 10.5. The molecule has 0 unspecified atom stereocenters. The van der Waals surface area contributed by atoms with Crippen molar-refractivity contribution in [3.8, 4) is 0 Å². The van der Waals surface area contributed by atoms with Gasteiger partial charge in [-0.2, -0.15) is 0 Å². The molecule has 19 heavy (non-hydrogen) atoms. The van der Waals surface area contributed by atoms with E-state index in [2.05, 4.69) is 0 Å². The van der Waals surface area contributed by atoms with Gasteiger partial charge in [0, 0.05) is 16.8 Å². The fourth-order valence-corrected chi connectivity index (χ4v) is 3.53. The lowest BCUT2D eigenvalue weighted by atomic mass is 10.4. The third kappa shape index (κ3) is 4.56. The fourth-order valence-electron chi connectivity index (χ4n) is 1.53. The minimum atomic E-state index is 0.123. The molecule has 0 aliphatic rings. The molecule has 2 nitrogen and oxygen atoms in total. The third-order valence-electron chi connectivity index (χ3n) is 2.55. The third-order valence-corrected chi connectivity index (χ3v) is 4.77. The van der Waals surface area contributed by atoms with Crippen molar-refractivity contribution in [2.45, 2.75) is 11.4 Å². The van der Waals surface area contributed by atoms with Crippen LogP contribution in [-0.4, -0.2) is 23.6 Å². The first-order valence-electron chi connectivity index (χ1n) is 5.81. The number of amides is 1. The van der Waals surface area contributed by atoms with Crippen LogP contribution in [0.3, 0.4) is 0 Å². The Kier molecular flexibility index (Phi) is 5.31. The van der Waals surface area contributed by atoms with Gasteiger partial charge in [-0.05, 0) is 24.3 Å². The summed E-state index contributed by atoms with van der Waals surface area (Å²) in [4.78, 5) is 16.0. The maximum atomic E-state index is 12.0. The Morgan fingerprint density at radius 2 is 2.00 bits per heavy atom. The number of halogens is 1. The van der Waals surface area contributed by atoms with Crippen molar-refractivity contribution in [3.63, 3.8) is 0 Å². The summed E-state index contributed by atoms with van der Waals surface area (Å²) in [6.45, 7) is 0.617. The normalized spacial score (nSPS) is 10.4. The molecule has 1 heterocycles. The van der Waals surface area contributed by atoms with Crippen LogP contribution in [-0.2, 0) is 11.3 Å². The summed E-state index contributed by atoms with van der Waals surface area (Å²) in [7, 11) is 1.82. The highest BCUT2D eigenvalue weighted by Gasteiger charge is 2.10. The van der Waals surface area contributed by atoms with E-state index in [0.717, 1.165) is 14.1 Å². The summed E-state index contributed by atoms with van der Waals surface area (Å²) in [5.74, 6) is 0.581. The van der Waals surface area contributed by atoms with E-state index in [1.807, 2.05) is 49.5 Å². The van der Waals surface area contributed by atoms with Crippen LogP contribution in [0.1, 0.15) is 4.88 Å². The largest absolute Gasteiger partial charge is 0.340 e. The molecule has 0 aliphatic carbocycles. The number of carbonyl (C=O) groups is 1. The molecule has 0 fully saturated rings. The van der Waals surface area contributed by atoms with Crippen LogP contribution in [0.15, 0.2) is 47.4 Å². The molecule has 0 saturated heterocycles. The molecule has 0 spiro atoms. The monoisotopic (exact) mass is 311 g/mol. The van der Waals surface area contributed by atoms with Crippen LogP contribution in [0.2, 0.25) is 4.34 Å². The van der Waals surface area contributed by atoms with Crippen molar-refractivity contribution >= 4 is 40.6 Å². The minimum absolute atomic E-state index is 0.123. The molecule has 1 aromatic carbocycles. The number of hydrogen-bond donors (Lipinski definition) is 0. The Labute approximate surface area is 126 Å². The number of thiophene rings is 1. The SMILES string of the molecule is CN(Cc1ccc(Cl)s1)C(=O)CSc1ccccc1. The van der Waals surface area contributed by atoms with Gasteiger partial charge in [-0.25, -0.2) is 0 Å². The van der Waals surface area contributed by atoms with Gasteiger partial charge in [0.15, 0.2) is 0 Å². The van der Waals surface area contributed by atoms with Crippen molar-refractivity contribution in [2.75, 3.05) is 12.8 Å². The number of rotatable bonds is 5. The van der Waals surface area contributed by atoms with Crippen molar-refractivity contribution in [1.29, 1.82) is 0 Å². The lowest BCUT2D eigenvalue weighted by Gasteiger charge is -2.15. The molecule has 100 valence electrons. The lowest BCUT2D eigenvalue weighted by molar-refractivity contribution is -0.127. The van der Waals surface area contributed by atoms with Gasteiger partial charge in [-0.3, -0.25) is 4.79 Å². The first-order valence-corrected chi connectivity index (χ1v) is 7.99. The topological polar surface area (TPSA) is 20.3 Å². The van der Waals surface area contributed by atoms with E-state index in [1.54, 1.807) is 16.7 Å². The van der Waals surface area contributed by atoms with E-state index in [-0.39, 0.29) is 5.91 Å². The number of nitrogens with zero attached hydrogens (tertiary/aromatic N) is 1. The molecule has 1 aromatic heterocycles. The molecule has 2 rings (SSSR count). The molecular formula is C14H14ClNOS2. The number of benzene rings is 1. The molecule has 0 bridgehead atoms. The predicted octanol–water partition coefficient (Wildman–Crippen LogP) is 4.15. The number of carbonyl (C=O) groups excluding carboxylic acids is 1. The summed E-state index contributed by atoms with van der Waals surface area (Å²) in [6, 6.07) is 13.8. The van der Waals surface area contributed by atoms with Crippen LogP contribution in [0.25, 0.3) is 0 Å². The van der Waals surface area contributed by atoms with Crippen LogP contribution < -0.4 is 0 Å². The Morgan fingerprint density at radius 1 is 1.26 bits per heavy atom. The maximum Gasteiger partial charge on any atom is 0.233 e. The van der Waals surface area contributed by atoms with Gasteiger partial charge in [0.1, 0.15) is 0 Å². The van der Waals surface area contributed by atoms with Gasteiger partial charge >= 0.3 is 0 Å². The molecule has 5 heteroatoms. The molecule has 1 amide bonds. The molecule has 0 radical (unpaired) electrons. The number of hydrogen-bond acceptors (Lipinski definition) is 3. The van der Waals surface area contributed by atoms with Gasteiger partial charge in [-0.1, -0.05) is 29.8 Å². The van der Waals surface area contributed by atoms with E-state index in [1.165, 1.54) is 11.3 Å². The van der Waals surface area contributed by atoms with Crippen molar-refractivity contribution < 1.29 is 4.79 Å². The second kappa shape index (κ2) is 6.98. The maximum absolute atomic E-state index is 12.0. The van der Waals surface area contributed by atoms with E-state index < -0.39 is 0 Å². The van der Waals surface area contributed by atoms with Crippen LogP contribution in [0, 0.1) is 0 Å². The predicted molar refractivity (Wildman–Crippen MR) is 83.0 cm³/mol. The Morgan fingerprint density at radius 3 is 2.63 bits per heavy atom. The summed E-state index contributed by atoms with van der Waals surface area (Å²) >= 11 is 8.95. The van der Waals surface area contributed by atoms with Gasteiger partial charge in [0.05, 0.1) is 16.6 Å². The van der Waals surface area contributed by atoms with Crippen LogP contribution in [0.5, 0.6) is 0 Å². The fraction of sp³-hybridized carbons (Fsp3) is 0.214. The van der Waals surface area contributed by atoms with Gasteiger partial charge in [0.25, 0.3) is 0 Å². The standard InChI is InChI=1S/C14H14ClNOS2/c1-16(9-12-7-8-13(15)19-12)14(17)10-18-11-5-3-2-4-6-11/h2-8H,9-10H2,1H3. The van der Waals surface area contributed by atoms with Gasteiger partial charge in [0.2, 0.25) is 5.91 Å². The Hall–Kier alpha value is -0.970. The molecule has 0 saturated carbocycles. The van der Waals surface area contributed by atoms with Crippen molar-refractivity contribution in [2.24, 2.45) is 0 Å². The van der Waals surface area contributed by atoms with Gasteiger partial charge in [-0.15, -0.1) is 23.1 Å². The lowest BCUT2D eigenvalue weighted by Crippen LogP contribution is -2.27. The molecule has 2 aromatic rings. The van der Waals surface area contributed by atoms with Crippen molar-refractivity contribution in [1.82, 2.24) is 4.90 Å². The zero-order valence-corrected chi connectivity index (χ0v) is 12.9. The summed E-state index contributed by atoms with van der Waals surface area (Å²) in [6.07, 6.45) is 0. The van der Waals surface area contributed by atoms with Crippen LogP contribution >= 0.6 is 34.7 Å². The second-order valence-electron chi connectivity index (χ2n) is 4.06. The first kappa shape index (κ1) is 14.4. The summed E-state index contributed by atoms with van der Waals surface area (Å²) in [5, 5.41) is 0. The van der Waals surface area contributed by atoms with Crippen molar-refractivity contribution in [3.05, 3.63) is 51.7 Å². The Bertz CT molecular complexity index is 541. The van der Waals surface area contributed by atoms with E-state index in [4.69, 9.17) is 11.6 Å². The quantitative estimate of drug-likeness (QED) is 0.773. The first-order chi connectivity index (χ1) is 9.15. The van der Waals surface area contributed by atoms with E-state index >= 15 is 0 Å². The second-order valence-corrected chi connectivity index (χ2v) is 6.91. The molecule has 0 aliphatic heterocycles. The highest BCUT2D eigenvalue weighted by Crippen LogP contribution is 2.23. The Balaban J connectivity index is 1.82. The number of thioether (sulfide) groups is 1. The van der Waals surface area contributed by atoms with Crippen LogP contribution in [0.4, 0.5) is 0 Å².